The van der Waals surface area contributed by atoms with Gasteiger partial charge in [-0.25, -0.2) is 24.9 Å². The highest BCUT2D eigenvalue weighted by Gasteiger charge is 2.36. The maximum atomic E-state index is 6.53. The van der Waals surface area contributed by atoms with Crippen LogP contribution in [0.4, 0.5) is 0 Å². The first-order valence-corrected chi connectivity index (χ1v) is 44.2. The van der Waals surface area contributed by atoms with Crippen molar-refractivity contribution in [3.05, 3.63) is 424 Å². The fourth-order valence-corrected chi connectivity index (χ4v) is 20.8. The average Bonchev–Trinajstić information content (AvgIpc) is 1.57. The molecule has 12 nitrogen and oxygen atoms in total. The van der Waals surface area contributed by atoms with Gasteiger partial charge in [0.15, 0.2) is 17.5 Å². The molecule has 129 heavy (non-hydrogen) atoms. The van der Waals surface area contributed by atoms with Crippen molar-refractivity contribution in [2.24, 2.45) is 0 Å². The van der Waals surface area contributed by atoms with Crippen LogP contribution in [0.3, 0.4) is 0 Å². The Hall–Kier alpha value is -16.9. The summed E-state index contributed by atoms with van der Waals surface area (Å²) in [5, 5.41) is 13.9. The highest BCUT2D eigenvalue weighted by molar-refractivity contribution is 7.26. The largest absolute Gasteiger partial charge is 0.455 e. The van der Waals surface area contributed by atoms with Gasteiger partial charge in [-0.05, 0) is 137 Å². The van der Waals surface area contributed by atoms with Gasteiger partial charge in [-0.2, -0.15) is 9.97 Å². The average molecular weight is 1670 g/mol. The summed E-state index contributed by atoms with van der Waals surface area (Å²) in [7, 11) is 0. The number of nitrogens with zero attached hydrogens (tertiary/aromatic N) is 10. The van der Waals surface area contributed by atoms with Gasteiger partial charge in [-0.3, -0.25) is 9.13 Å². The minimum absolute atomic E-state index is 0.0369. The number of aromatic nitrogens is 10. The van der Waals surface area contributed by atoms with Crippen LogP contribution < -0.4 is 0 Å². The maximum Gasteiger partial charge on any atom is 0.238 e. The summed E-state index contributed by atoms with van der Waals surface area (Å²) in [6.45, 7) is 4.67. The Morgan fingerprint density at radius 3 is 1.35 bits per heavy atom. The number of benzene rings is 17. The molecule has 0 unspecified atom stereocenters. The molecule has 1 aliphatic carbocycles. The van der Waals surface area contributed by atoms with E-state index in [1.54, 1.807) is 0 Å². The molecule has 13 heteroatoms. The monoisotopic (exact) mass is 1670 g/mol. The normalized spacial score (nSPS) is 12.3. The Bertz CT molecular complexity index is 8870. The first-order valence-electron chi connectivity index (χ1n) is 43.4. The summed E-state index contributed by atoms with van der Waals surface area (Å²) in [4.78, 5) is 35.1. The fourth-order valence-electron chi connectivity index (χ4n) is 19.5. The predicted octanol–water partition coefficient (Wildman–Crippen LogP) is 30.3. The molecule has 0 N–H and O–H groups in total. The minimum Gasteiger partial charge on any atom is -0.455 e. The van der Waals surface area contributed by atoms with E-state index in [0.29, 0.717) is 29.4 Å². The molecule has 0 fully saturated rings. The minimum atomic E-state index is -0.0369. The molecule has 1 aliphatic rings. The molecule has 0 radical (unpaired) electrons. The lowest BCUT2D eigenvalue weighted by atomic mass is 9.81. The lowest BCUT2D eigenvalue weighted by molar-refractivity contribution is 0.660. The number of fused-ring (bicyclic) bond motifs is 24. The second kappa shape index (κ2) is 30.2. The summed E-state index contributed by atoms with van der Waals surface area (Å²) in [6.07, 6.45) is 1.89. The molecule has 9 aromatic heterocycles. The van der Waals surface area contributed by atoms with Crippen LogP contribution in [-0.2, 0) is 5.41 Å². The van der Waals surface area contributed by atoms with Crippen LogP contribution in [0.1, 0.15) is 25.0 Å². The maximum absolute atomic E-state index is 6.53. The van der Waals surface area contributed by atoms with Gasteiger partial charge in [0, 0.05) is 114 Å². The van der Waals surface area contributed by atoms with Gasteiger partial charge in [0.25, 0.3) is 0 Å². The van der Waals surface area contributed by atoms with Crippen LogP contribution >= 0.6 is 11.3 Å². The zero-order chi connectivity index (χ0) is 85.4. The standard InChI is InChI=1S/C43H29N3S.C40H25N3O.C33H20N4O/c1-43(2)34-15-6-3-12-29(34)30-19-18-27(25-35(30)43)26-10-9-11-28(24-26)36-22-23-44-42(45-36)46-37-16-7-4-14-33(37)40-38(46)21-20-32-31-13-5-8-17-39(31)47-41(32)40;1-4-12-26(13-5-1)33-25-34(27-14-6-2-7-15-27)42-40(41-33)28-20-21-32-36(24-28)43(29-16-8-3-9-17-29)35-23-22-31-30-18-10-11-19-37(30)44-39(31)38(32)35;1-3-11-21(12-4-1)31-34-32(22-13-5-2-6-14-22)36-33(35-31)37-26-17-9-7-16-25(26)29-27(37)20-19-24-23-15-8-10-18-28(23)38-30(24)29/h3-25H,1-2H3;1-25H;1-20H. The highest BCUT2D eigenvalue weighted by Crippen LogP contribution is 2.51. The molecular weight excluding hydrogens is 1600 g/mol. The predicted molar refractivity (Wildman–Crippen MR) is 530 cm³/mol. The summed E-state index contributed by atoms with van der Waals surface area (Å²) >= 11 is 1.86. The van der Waals surface area contributed by atoms with Gasteiger partial charge in [0.2, 0.25) is 11.9 Å². The molecule has 0 saturated heterocycles. The molecule has 0 saturated carbocycles. The molecule has 0 amide bonds. The van der Waals surface area contributed by atoms with Gasteiger partial charge in [-0.1, -0.05) is 317 Å². The third-order valence-electron chi connectivity index (χ3n) is 25.6. The van der Waals surface area contributed by atoms with E-state index >= 15 is 0 Å². The van der Waals surface area contributed by atoms with Crippen molar-refractivity contribution in [1.82, 2.24) is 48.6 Å². The van der Waals surface area contributed by atoms with Crippen molar-refractivity contribution in [2.75, 3.05) is 0 Å². The van der Waals surface area contributed by atoms with Crippen LogP contribution in [0.25, 0.3) is 237 Å². The second-order valence-electron chi connectivity index (χ2n) is 33.4. The summed E-state index contributed by atoms with van der Waals surface area (Å²) in [5.74, 6) is 3.19. The van der Waals surface area contributed by atoms with E-state index in [0.717, 1.165) is 155 Å². The SMILES string of the molecule is CC1(C)c2ccccc2-c2ccc(-c3cccc(-c4ccnc(-n5c6ccccc6c6c7sc8ccccc8c7ccc65)n4)c3)cc21.c1ccc(-c2cc(-c3ccccc3)nc(-c3ccc4c5c6oc7ccccc7c6ccc5n(-c5ccccc5)c4c3)n2)cc1.c1ccc(-c2nc(-c3ccccc3)nc(-n3c4ccccc4c4c5oc6ccccc6c5ccc43)n2)cc1. The fraction of sp³-hybridized carbons (Fsp3) is 0.0259. The van der Waals surface area contributed by atoms with Crippen LogP contribution in [0, 0.1) is 0 Å². The first kappa shape index (κ1) is 74.7. The van der Waals surface area contributed by atoms with E-state index in [9.17, 15) is 0 Å². The topological polar surface area (TPSA) is 131 Å². The van der Waals surface area contributed by atoms with Crippen LogP contribution in [0.15, 0.2) is 421 Å². The van der Waals surface area contributed by atoms with Crippen molar-refractivity contribution in [2.45, 2.75) is 19.3 Å². The molecule has 0 atom stereocenters. The van der Waals surface area contributed by atoms with E-state index in [1.165, 1.54) is 64.3 Å². The van der Waals surface area contributed by atoms with Crippen LogP contribution in [-0.4, -0.2) is 48.6 Å². The zero-order valence-corrected chi connectivity index (χ0v) is 70.8. The van der Waals surface area contributed by atoms with Gasteiger partial charge >= 0.3 is 0 Å². The van der Waals surface area contributed by atoms with Crippen molar-refractivity contribution >= 4 is 141 Å². The molecule has 0 aliphatic heterocycles. The van der Waals surface area contributed by atoms with Gasteiger partial charge < -0.3 is 13.4 Å². The van der Waals surface area contributed by atoms with Crippen molar-refractivity contribution in [3.63, 3.8) is 0 Å². The highest BCUT2D eigenvalue weighted by atomic mass is 32.1. The molecule has 606 valence electrons. The molecule has 27 rings (SSSR count). The Morgan fingerprint density at radius 1 is 0.256 bits per heavy atom. The number of thiophene rings is 1. The number of rotatable bonds is 10. The van der Waals surface area contributed by atoms with E-state index in [4.69, 9.17) is 43.7 Å². The van der Waals surface area contributed by atoms with E-state index in [1.807, 2.05) is 163 Å². The lowest BCUT2D eigenvalue weighted by Crippen LogP contribution is -2.14. The Labute approximate surface area is 743 Å². The first-order chi connectivity index (χ1) is 63.7. The van der Waals surface area contributed by atoms with Crippen LogP contribution in [0.2, 0.25) is 0 Å². The van der Waals surface area contributed by atoms with E-state index in [2.05, 4.69) is 288 Å². The molecule has 0 spiro atoms. The van der Waals surface area contributed by atoms with Crippen molar-refractivity contribution in [1.29, 1.82) is 0 Å². The molecule has 0 bridgehead atoms. The molecular formula is C116H74N10O2S. The number of furan rings is 2. The Balaban J connectivity index is 0.000000105. The van der Waals surface area contributed by atoms with E-state index in [-0.39, 0.29) is 5.41 Å². The summed E-state index contributed by atoms with van der Waals surface area (Å²) < 4.78 is 22.3. The Kier molecular flexibility index (Phi) is 17.5. The smallest absolute Gasteiger partial charge is 0.238 e. The van der Waals surface area contributed by atoms with E-state index < -0.39 is 0 Å². The third-order valence-corrected chi connectivity index (χ3v) is 26.8. The summed E-state index contributed by atoms with van der Waals surface area (Å²) in [6, 6.07) is 142. The molecule has 26 aromatic rings. The number of hydrogen-bond donors (Lipinski definition) is 0. The zero-order valence-electron chi connectivity index (χ0n) is 70.0. The van der Waals surface area contributed by atoms with Crippen molar-refractivity contribution in [3.8, 4) is 108 Å². The number of para-hydroxylation sites is 5. The molecule has 9 heterocycles. The second-order valence-corrected chi connectivity index (χ2v) is 34.4. The Morgan fingerprint density at radius 2 is 0.713 bits per heavy atom. The third kappa shape index (κ3) is 12.4. The van der Waals surface area contributed by atoms with Gasteiger partial charge in [0.1, 0.15) is 22.3 Å². The van der Waals surface area contributed by atoms with Gasteiger partial charge in [-0.15, -0.1) is 11.3 Å². The van der Waals surface area contributed by atoms with Gasteiger partial charge in [0.05, 0.1) is 61.0 Å². The van der Waals surface area contributed by atoms with Crippen LogP contribution in [0.5, 0.6) is 0 Å². The number of hydrogen-bond acceptors (Lipinski definition) is 10. The summed E-state index contributed by atoms with van der Waals surface area (Å²) in [5.41, 5.74) is 27.6. The van der Waals surface area contributed by atoms with Crippen molar-refractivity contribution < 1.29 is 8.83 Å². The lowest BCUT2D eigenvalue weighted by Gasteiger charge is -2.22. The quantitative estimate of drug-likeness (QED) is 0.131. The molecule has 17 aromatic carbocycles.